The van der Waals surface area contributed by atoms with Crippen molar-refractivity contribution in [2.75, 3.05) is 0 Å². The molecule has 0 aliphatic heterocycles. The lowest BCUT2D eigenvalue weighted by Crippen LogP contribution is -2.33. The molecule has 94 valence electrons. The van der Waals surface area contributed by atoms with Crippen molar-refractivity contribution in [2.24, 2.45) is 0 Å². The summed E-state index contributed by atoms with van der Waals surface area (Å²) in [6.07, 6.45) is 0.917. The lowest BCUT2D eigenvalue weighted by atomic mass is 10.2. The van der Waals surface area contributed by atoms with Crippen molar-refractivity contribution in [1.82, 2.24) is 5.32 Å². The molecule has 1 atom stereocenters. The molecule has 1 unspecified atom stereocenters. The predicted molar refractivity (Wildman–Crippen MR) is 67.2 cm³/mol. The number of carboxylic acid groups (broad SMARTS) is 1. The summed E-state index contributed by atoms with van der Waals surface area (Å²) in [6.45, 7) is 3.82. The zero-order valence-electron chi connectivity index (χ0n) is 10.0. The average molecular weight is 255 g/mol. The van der Waals surface area contributed by atoms with Crippen LogP contribution in [0.2, 0.25) is 0 Å². The molecule has 0 bridgehead atoms. The number of nitrogens with one attached hydrogen (secondary N) is 1. The molecule has 17 heavy (non-hydrogen) atoms. The van der Waals surface area contributed by atoms with E-state index < -0.39 is 5.97 Å². The highest BCUT2D eigenvalue weighted by atomic mass is 32.1. The molecule has 1 aromatic heterocycles. The highest BCUT2D eigenvalue weighted by Crippen LogP contribution is 2.15. The van der Waals surface area contributed by atoms with E-state index in [1.54, 1.807) is 11.3 Å². The number of hydrogen-bond acceptors (Lipinski definition) is 3. The van der Waals surface area contributed by atoms with Gasteiger partial charge in [-0.15, -0.1) is 11.3 Å². The number of carboxylic acids is 1. The van der Waals surface area contributed by atoms with Gasteiger partial charge in [-0.2, -0.15) is 0 Å². The fourth-order valence-electron chi connectivity index (χ4n) is 1.48. The molecule has 2 N–H and O–H groups in total. The third-order valence-corrected chi connectivity index (χ3v) is 3.33. The van der Waals surface area contributed by atoms with E-state index in [0.29, 0.717) is 12.8 Å². The number of thiophene rings is 1. The Morgan fingerprint density at radius 2 is 2.18 bits per heavy atom. The minimum atomic E-state index is -0.833. The number of aliphatic carboxylic acids is 1. The molecule has 0 saturated heterocycles. The summed E-state index contributed by atoms with van der Waals surface area (Å²) in [5.74, 6) is -0.885. The van der Waals surface area contributed by atoms with E-state index in [1.165, 1.54) is 4.88 Å². The normalized spacial score (nSPS) is 12.1. The van der Waals surface area contributed by atoms with Gasteiger partial charge >= 0.3 is 5.97 Å². The fraction of sp³-hybridized carbons (Fsp3) is 0.500. The van der Waals surface area contributed by atoms with Gasteiger partial charge in [0.2, 0.25) is 5.91 Å². The van der Waals surface area contributed by atoms with Gasteiger partial charge in [-0.25, -0.2) is 0 Å². The molecule has 0 fully saturated rings. The van der Waals surface area contributed by atoms with Crippen LogP contribution in [0.25, 0.3) is 0 Å². The van der Waals surface area contributed by atoms with Gasteiger partial charge in [0, 0.05) is 22.2 Å². The molecule has 0 radical (unpaired) electrons. The quantitative estimate of drug-likeness (QED) is 0.816. The van der Waals surface area contributed by atoms with Crippen LogP contribution in [0.4, 0.5) is 0 Å². The molecule has 0 aliphatic rings. The molecular formula is C12H17NO3S. The van der Waals surface area contributed by atoms with E-state index in [1.807, 2.05) is 26.0 Å². The van der Waals surface area contributed by atoms with Gasteiger partial charge in [0.1, 0.15) is 0 Å². The SMILES string of the molecule is Cc1ccc(CC(=O)NC(C)CCC(=O)O)s1. The number of hydrogen-bond donors (Lipinski definition) is 2. The maximum absolute atomic E-state index is 11.6. The van der Waals surface area contributed by atoms with Gasteiger partial charge in [-0.3, -0.25) is 9.59 Å². The van der Waals surface area contributed by atoms with Crippen LogP contribution in [0, 0.1) is 6.92 Å². The Labute approximate surface area is 105 Å². The Balaban J connectivity index is 2.31. The van der Waals surface area contributed by atoms with Crippen LogP contribution >= 0.6 is 11.3 Å². The first kappa shape index (κ1) is 13.7. The summed E-state index contributed by atoms with van der Waals surface area (Å²) in [5, 5.41) is 11.3. The molecule has 4 nitrogen and oxygen atoms in total. The Bertz CT molecular complexity index is 400. The van der Waals surface area contributed by atoms with Gasteiger partial charge in [0.25, 0.3) is 0 Å². The lowest BCUT2D eigenvalue weighted by Gasteiger charge is -2.12. The van der Waals surface area contributed by atoms with Crippen LogP contribution in [0.15, 0.2) is 12.1 Å². The third-order valence-electron chi connectivity index (χ3n) is 2.33. The van der Waals surface area contributed by atoms with Crippen molar-refractivity contribution >= 4 is 23.2 Å². The molecule has 0 saturated carbocycles. The zero-order chi connectivity index (χ0) is 12.8. The monoisotopic (exact) mass is 255 g/mol. The predicted octanol–water partition coefficient (Wildman–Crippen LogP) is 1.97. The second-order valence-corrected chi connectivity index (χ2v) is 5.46. The van der Waals surface area contributed by atoms with E-state index in [9.17, 15) is 9.59 Å². The summed E-state index contributed by atoms with van der Waals surface area (Å²) in [6, 6.07) is 3.84. The van der Waals surface area contributed by atoms with Crippen LogP contribution in [-0.4, -0.2) is 23.0 Å². The summed E-state index contributed by atoms with van der Waals surface area (Å²) in [7, 11) is 0. The number of rotatable bonds is 6. The highest BCUT2D eigenvalue weighted by molar-refractivity contribution is 7.12. The lowest BCUT2D eigenvalue weighted by molar-refractivity contribution is -0.137. The maximum atomic E-state index is 11.6. The Hall–Kier alpha value is -1.36. The van der Waals surface area contributed by atoms with Crippen molar-refractivity contribution < 1.29 is 14.7 Å². The summed E-state index contributed by atoms with van der Waals surface area (Å²) in [5.41, 5.74) is 0. The van der Waals surface area contributed by atoms with E-state index in [2.05, 4.69) is 5.32 Å². The van der Waals surface area contributed by atoms with E-state index in [0.717, 1.165) is 4.88 Å². The zero-order valence-corrected chi connectivity index (χ0v) is 10.8. The van der Waals surface area contributed by atoms with Crippen molar-refractivity contribution in [2.45, 2.75) is 39.2 Å². The second-order valence-electron chi connectivity index (χ2n) is 4.09. The maximum Gasteiger partial charge on any atom is 0.303 e. The Kier molecular flexibility index (Phi) is 5.15. The molecule has 1 heterocycles. The van der Waals surface area contributed by atoms with E-state index in [-0.39, 0.29) is 18.4 Å². The number of amides is 1. The minimum absolute atomic E-state index is 0.0512. The molecule has 5 heteroatoms. The van der Waals surface area contributed by atoms with E-state index in [4.69, 9.17) is 5.11 Å². The standard InChI is InChI=1S/C12H17NO3S/c1-8(3-6-12(15)16)13-11(14)7-10-5-4-9(2)17-10/h4-5,8H,3,6-7H2,1-2H3,(H,13,14)(H,15,16). The summed E-state index contributed by atoms with van der Waals surface area (Å²) in [4.78, 5) is 24.2. The summed E-state index contributed by atoms with van der Waals surface area (Å²) >= 11 is 1.61. The molecule has 1 amide bonds. The second kappa shape index (κ2) is 6.39. The topological polar surface area (TPSA) is 66.4 Å². The van der Waals surface area contributed by atoms with Gasteiger partial charge in [-0.05, 0) is 32.4 Å². The Morgan fingerprint density at radius 1 is 1.47 bits per heavy atom. The minimum Gasteiger partial charge on any atom is -0.481 e. The van der Waals surface area contributed by atoms with E-state index >= 15 is 0 Å². The van der Waals surface area contributed by atoms with Crippen molar-refractivity contribution in [1.29, 1.82) is 0 Å². The van der Waals surface area contributed by atoms with Crippen LogP contribution in [0.5, 0.6) is 0 Å². The van der Waals surface area contributed by atoms with Gasteiger partial charge < -0.3 is 10.4 Å². The molecule has 0 aliphatic carbocycles. The van der Waals surface area contributed by atoms with Crippen LogP contribution in [0.3, 0.4) is 0 Å². The van der Waals surface area contributed by atoms with Gasteiger partial charge in [0.05, 0.1) is 6.42 Å². The van der Waals surface area contributed by atoms with Crippen molar-refractivity contribution in [3.8, 4) is 0 Å². The van der Waals surface area contributed by atoms with Crippen LogP contribution in [-0.2, 0) is 16.0 Å². The van der Waals surface area contributed by atoms with Crippen LogP contribution < -0.4 is 5.32 Å². The molecular weight excluding hydrogens is 238 g/mol. The largest absolute Gasteiger partial charge is 0.481 e. The number of aryl methyl sites for hydroxylation is 1. The molecule has 1 rings (SSSR count). The fourth-order valence-corrected chi connectivity index (χ4v) is 2.37. The third kappa shape index (κ3) is 5.49. The molecule has 0 spiro atoms. The van der Waals surface area contributed by atoms with Gasteiger partial charge in [-0.1, -0.05) is 0 Å². The van der Waals surface area contributed by atoms with Gasteiger partial charge in [0.15, 0.2) is 0 Å². The molecule has 1 aromatic rings. The Morgan fingerprint density at radius 3 is 2.71 bits per heavy atom. The van der Waals surface area contributed by atoms with Crippen molar-refractivity contribution in [3.05, 3.63) is 21.9 Å². The van der Waals surface area contributed by atoms with Crippen LogP contribution in [0.1, 0.15) is 29.5 Å². The average Bonchev–Trinajstić information content (AvgIpc) is 2.60. The first-order chi connectivity index (χ1) is 7.97. The first-order valence-electron chi connectivity index (χ1n) is 5.54. The number of carbonyl (C=O) groups is 2. The smallest absolute Gasteiger partial charge is 0.303 e. The summed E-state index contributed by atoms with van der Waals surface area (Å²) < 4.78 is 0. The first-order valence-corrected chi connectivity index (χ1v) is 6.35. The number of carbonyl (C=O) groups excluding carboxylic acids is 1. The van der Waals surface area contributed by atoms with Crippen molar-refractivity contribution in [3.63, 3.8) is 0 Å². The highest BCUT2D eigenvalue weighted by Gasteiger charge is 2.10. The molecule has 0 aromatic carbocycles.